The van der Waals surface area contributed by atoms with Gasteiger partial charge in [-0.2, -0.15) is 0 Å². The van der Waals surface area contributed by atoms with Gasteiger partial charge in [-0.05, 0) is 38.8 Å². The second-order valence-electron chi connectivity index (χ2n) is 5.78. The Kier molecular flexibility index (Phi) is 13.9. The third-order valence-corrected chi connectivity index (χ3v) is 3.84. The van der Waals surface area contributed by atoms with Crippen LogP contribution >= 0.6 is 0 Å². The van der Waals surface area contributed by atoms with Crippen molar-refractivity contribution in [1.29, 1.82) is 0 Å². The van der Waals surface area contributed by atoms with Gasteiger partial charge in [0.2, 0.25) is 0 Å². The summed E-state index contributed by atoms with van der Waals surface area (Å²) in [4.78, 5) is 8.93. The summed E-state index contributed by atoms with van der Waals surface area (Å²) in [7, 11) is 0. The van der Waals surface area contributed by atoms with Crippen molar-refractivity contribution in [1.82, 2.24) is 0 Å². The first-order valence-electron chi connectivity index (χ1n) is 9.13. The van der Waals surface area contributed by atoms with Crippen LogP contribution < -0.4 is 0 Å². The minimum absolute atomic E-state index is 0.0582. The Balaban J connectivity index is 5.81. The number of hydrogen-bond acceptors (Lipinski definition) is 6. The van der Waals surface area contributed by atoms with Gasteiger partial charge in [0.05, 0.1) is 12.1 Å². The smallest absolute Gasteiger partial charge is 0.120 e. The van der Waals surface area contributed by atoms with E-state index >= 15 is 0 Å². The van der Waals surface area contributed by atoms with Crippen LogP contribution in [-0.2, 0) is 0 Å². The van der Waals surface area contributed by atoms with Crippen LogP contribution in [0.15, 0.2) is 82.3 Å². The van der Waals surface area contributed by atoms with Gasteiger partial charge >= 0.3 is 0 Å². The second-order valence-corrected chi connectivity index (χ2v) is 5.78. The summed E-state index contributed by atoms with van der Waals surface area (Å²) in [6.07, 6.45) is 13.1. The highest BCUT2D eigenvalue weighted by Crippen LogP contribution is 2.15. The highest BCUT2D eigenvalue weighted by molar-refractivity contribution is 5.85. The lowest BCUT2D eigenvalue weighted by atomic mass is 10.0. The lowest BCUT2D eigenvalue weighted by molar-refractivity contribution is 0.243. The normalized spacial score (nSPS) is 16.6. The monoisotopic (exact) mass is 388 g/mol. The molecule has 154 valence electrons. The fraction of sp³-hybridized carbons (Fsp3) is 0.364. The molecule has 4 N–H and O–H groups in total. The maximum Gasteiger partial charge on any atom is 0.120 e. The molecule has 0 rings (SSSR count). The molecule has 0 aromatic carbocycles. The van der Waals surface area contributed by atoms with Crippen LogP contribution in [-0.4, -0.2) is 58.2 Å². The second kappa shape index (κ2) is 15.4. The van der Waals surface area contributed by atoms with Crippen molar-refractivity contribution in [2.75, 3.05) is 13.2 Å². The van der Waals surface area contributed by atoms with Crippen LogP contribution in [0.2, 0.25) is 0 Å². The first-order chi connectivity index (χ1) is 13.5. The molecule has 0 heterocycles. The number of rotatable bonds is 13. The third kappa shape index (κ3) is 9.30. The van der Waals surface area contributed by atoms with E-state index in [0.717, 1.165) is 0 Å². The van der Waals surface area contributed by atoms with Crippen molar-refractivity contribution < 1.29 is 20.4 Å². The number of aliphatic imine (C=N–C) groups is 2. The molecule has 6 nitrogen and oxygen atoms in total. The molecule has 2 atom stereocenters. The largest absolute Gasteiger partial charge is 0.508 e. The van der Waals surface area contributed by atoms with Gasteiger partial charge in [-0.1, -0.05) is 37.5 Å². The van der Waals surface area contributed by atoms with Gasteiger partial charge in [-0.3, -0.25) is 9.98 Å². The maximum atomic E-state index is 9.94. The van der Waals surface area contributed by atoms with Crippen molar-refractivity contribution in [2.24, 2.45) is 9.98 Å². The molecule has 0 fully saturated rings. The predicted molar refractivity (Wildman–Crippen MR) is 117 cm³/mol. The highest BCUT2D eigenvalue weighted by atomic mass is 16.3. The van der Waals surface area contributed by atoms with Crippen LogP contribution in [0.5, 0.6) is 0 Å². The van der Waals surface area contributed by atoms with Gasteiger partial charge in [0, 0.05) is 36.8 Å². The van der Waals surface area contributed by atoms with E-state index in [1.165, 1.54) is 36.7 Å². The molecular weight excluding hydrogens is 356 g/mol. The lowest BCUT2D eigenvalue weighted by Crippen LogP contribution is -2.26. The quantitative estimate of drug-likeness (QED) is 0.219. The first kappa shape index (κ1) is 25.3. The lowest BCUT2D eigenvalue weighted by Gasteiger charge is -2.19. The minimum atomic E-state index is -0.427. The van der Waals surface area contributed by atoms with E-state index in [2.05, 4.69) is 23.1 Å². The Morgan fingerprint density at radius 1 is 0.786 bits per heavy atom. The van der Waals surface area contributed by atoms with Gasteiger partial charge in [-0.15, -0.1) is 0 Å². The zero-order valence-electron chi connectivity index (χ0n) is 16.7. The fourth-order valence-electron chi connectivity index (χ4n) is 2.33. The topological polar surface area (TPSA) is 106 Å². The molecule has 0 aliphatic rings. The number of nitrogens with zero attached hydrogens (tertiary/aromatic N) is 2. The molecule has 6 heteroatoms. The van der Waals surface area contributed by atoms with E-state index in [1.807, 2.05) is 0 Å². The molecular formula is C22H32N2O4. The van der Waals surface area contributed by atoms with Gasteiger partial charge in [0.1, 0.15) is 11.5 Å². The summed E-state index contributed by atoms with van der Waals surface area (Å²) in [5.41, 5.74) is 0.956. The van der Waals surface area contributed by atoms with Crippen molar-refractivity contribution in [2.45, 2.75) is 38.8 Å². The molecule has 0 aromatic heterocycles. The predicted octanol–water partition coefficient (Wildman–Crippen LogP) is 3.78. The molecule has 0 saturated heterocycles. The zero-order valence-corrected chi connectivity index (χ0v) is 16.7. The van der Waals surface area contributed by atoms with Crippen molar-refractivity contribution in [3.63, 3.8) is 0 Å². The Hall–Kier alpha value is -2.70. The minimum Gasteiger partial charge on any atom is -0.508 e. The summed E-state index contributed by atoms with van der Waals surface area (Å²) in [5, 5.41) is 38.7. The van der Waals surface area contributed by atoms with E-state index in [9.17, 15) is 20.4 Å². The molecule has 0 bridgehead atoms. The van der Waals surface area contributed by atoms with E-state index in [-0.39, 0.29) is 24.7 Å². The van der Waals surface area contributed by atoms with Crippen LogP contribution in [0.3, 0.4) is 0 Å². The summed E-state index contributed by atoms with van der Waals surface area (Å²) >= 11 is 0. The van der Waals surface area contributed by atoms with E-state index < -0.39 is 12.1 Å². The average Bonchev–Trinajstić information content (AvgIpc) is 2.70. The summed E-state index contributed by atoms with van der Waals surface area (Å²) in [6.45, 7) is 10.4. The summed E-state index contributed by atoms with van der Waals surface area (Å²) in [6, 6.07) is -0.854. The van der Waals surface area contributed by atoms with Gasteiger partial charge in [0.25, 0.3) is 0 Å². The molecule has 28 heavy (non-hydrogen) atoms. The van der Waals surface area contributed by atoms with Crippen molar-refractivity contribution >= 4 is 12.4 Å². The third-order valence-electron chi connectivity index (χ3n) is 3.84. The molecule has 0 saturated carbocycles. The van der Waals surface area contributed by atoms with Gasteiger partial charge in [0.15, 0.2) is 0 Å². The fourth-order valence-corrected chi connectivity index (χ4v) is 2.33. The molecule has 0 radical (unpaired) electrons. The molecule has 2 unspecified atom stereocenters. The highest BCUT2D eigenvalue weighted by Gasteiger charge is 2.19. The number of aliphatic hydroxyl groups is 4. The Morgan fingerprint density at radius 2 is 1.14 bits per heavy atom. The zero-order chi connectivity index (χ0) is 21.4. The summed E-state index contributed by atoms with van der Waals surface area (Å²) < 4.78 is 0. The first-order valence-corrected chi connectivity index (χ1v) is 9.13. The molecule has 0 aromatic rings. The van der Waals surface area contributed by atoms with Crippen LogP contribution in [0.1, 0.15) is 26.7 Å². The Morgan fingerprint density at radius 3 is 1.39 bits per heavy atom. The molecule has 0 spiro atoms. The van der Waals surface area contributed by atoms with E-state index in [0.29, 0.717) is 24.0 Å². The molecule has 0 aliphatic heterocycles. The SMILES string of the molecule is C=C/C=C(C=NC(CCO)C(CCO)N=CC(=C/C=C)/C(O)=C\C)\C(O)=C/C. The maximum absolute atomic E-state index is 9.94. The molecule has 0 amide bonds. The number of allylic oxidation sites excluding steroid dienone is 8. The van der Waals surface area contributed by atoms with Crippen LogP contribution in [0.25, 0.3) is 0 Å². The van der Waals surface area contributed by atoms with Crippen LogP contribution in [0, 0.1) is 0 Å². The Labute approximate surface area is 167 Å². The van der Waals surface area contributed by atoms with Crippen LogP contribution in [0.4, 0.5) is 0 Å². The van der Waals surface area contributed by atoms with Gasteiger partial charge in [-0.25, -0.2) is 0 Å². The van der Waals surface area contributed by atoms with Crippen molar-refractivity contribution in [3.05, 3.63) is 72.3 Å². The van der Waals surface area contributed by atoms with E-state index in [1.54, 1.807) is 26.0 Å². The van der Waals surface area contributed by atoms with Gasteiger partial charge < -0.3 is 20.4 Å². The number of aliphatic hydroxyl groups excluding tert-OH is 4. The summed E-state index contributed by atoms with van der Waals surface area (Å²) in [5.74, 6) is 0.116. The number of hydrogen-bond donors (Lipinski definition) is 4. The van der Waals surface area contributed by atoms with E-state index in [4.69, 9.17) is 0 Å². The van der Waals surface area contributed by atoms with Crippen molar-refractivity contribution in [3.8, 4) is 0 Å². The average molecular weight is 389 g/mol. The Bertz CT molecular complexity index is 612. The standard InChI is InChI=1S/C22H32N2O4/c1-5-9-17(21(27)7-3)15-23-19(11-13-25)20(12-14-26)24-16-18(10-6-2)22(28)8-4/h5-10,15-16,19-20,25-28H,1-2,11-14H2,3-4H3/b17-9-,18-10-,21-7+,22-8+,23-15?,24-16?. The molecule has 0 aliphatic carbocycles.